The van der Waals surface area contributed by atoms with Crippen molar-refractivity contribution in [3.63, 3.8) is 0 Å². The van der Waals surface area contributed by atoms with Crippen LogP contribution in [0.5, 0.6) is 0 Å². The fourth-order valence-electron chi connectivity index (χ4n) is 5.90. The molecule has 0 fully saturated rings. The molecule has 1 atom stereocenters. The zero-order valence-corrected chi connectivity index (χ0v) is 26.2. The molecule has 0 rings (SSSR count). The second-order valence-corrected chi connectivity index (χ2v) is 11.8. The number of rotatable bonds is 30. The molecular weight excluding hydrogens is 508 g/mol. The largest absolute Gasteiger partial charge is 0.481 e. The molecule has 0 aliphatic carbocycles. The normalized spacial score (nSPS) is 13.3. The number of carboxylic acids is 3. The third-order valence-electron chi connectivity index (χ3n) is 8.44. The van der Waals surface area contributed by atoms with E-state index in [1.54, 1.807) is 0 Å². The van der Waals surface area contributed by atoms with Crippen LogP contribution in [-0.2, 0) is 19.1 Å². The van der Waals surface area contributed by atoms with Gasteiger partial charge in [0.15, 0.2) is 5.60 Å². The molecule has 40 heavy (non-hydrogen) atoms. The van der Waals surface area contributed by atoms with E-state index >= 15 is 0 Å². The molecule has 7 heteroatoms. The average Bonchev–Trinajstić information content (AvgIpc) is 2.91. The molecule has 0 spiro atoms. The lowest BCUT2D eigenvalue weighted by Gasteiger charge is -2.44. The monoisotopic (exact) mass is 570 g/mol. The van der Waals surface area contributed by atoms with Gasteiger partial charge in [-0.2, -0.15) is 0 Å². The van der Waals surface area contributed by atoms with E-state index < -0.39 is 35.3 Å². The maximum atomic E-state index is 13.1. The lowest BCUT2D eigenvalue weighted by atomic mass is 9.63. The summed E-state index contributed by atoms with van der Waals surface area (Å²) in [5.74, 6) is -4.05. The molecule has 7 nitrogen and oxygen atoms in total. The van der Waals surface area contributed by atoms with Gasteiger partial charge in [-0.25, -0.2) is 4.79 Å². The lowest BCUT2D eigenvalue weighted by Crippen LogP contribution is -2.61. The Kier molecular flexibility index (Phi) is 23.0. The van der Waals surface area contributed by atoms with Crippen LogP contribution in [0.15, 0.2) is 0 Å². The molecule has 0 aliphatic rings. The molecule has 0 saturated heterocycles. The third kappa shape index (κ3) is 14.8. The number of ether oxygens (including phenoxy) is 1. The zero-order chi connectivity index (χ0) is 30.1. The van der Waals surface area contributed by atoms with Crippen molar-refractivity contribution in [3.8, 4) is 0 Å². The summed E-state index contributed by atoms with van der Waals surface area (Å²) in [5, 5.41) is 31.0. The van der Waals surface area contributed by atoms with E-state index in [0.717, 1.165) is 96.3 Å². The van der Waals surface area contributed by atoms with E-state index in [-0.39, 0.29) is 19.4 Å². The van der Waals surface area contributed by atoms with Gasteiger partial charge < -0.3 is 20.1 Å². The minimum atomic E-state index is -2.29. The van der Waals surface area contributed by atoms with E-state index in [2.05, 4.69) is 20.8 Å². The summed E-state index contributed by atoms with van der Waals surface area (Å²) in [6.07, 6.45) is 20.1. The molecule has 0 aromatic rings. The van der Waals surface area contributed by atoms with Crippen LogP contribution in [0.25, 0.3) is 0 Å². The van der Waals surface area contributed by atoms with Crippen molar-refractivity contribution in [1.82, 2.24) is 0 Å². The number of aliphatic carboxylic acids is 3. The highest BCUT2D eigenvalue weighted by Gasteiger charge is 2.63. The van der Waals surface area contributed by atoms with Gasteiger partial charge in [0.2, 0.25) is 0 Å². The van der Waals surface area contributed by atoms with Crippen molar-refractivity contribution >= 4 is 17.9 Å². The van der Waals surface area contributed by atoms with Crippen LogP contribution in [0, 0.1) is 5.41 Å². The number of carboxylic acid groups (broad SMARTS) is 3. The summed E-state index contributed by atoms with van der Waals surface area (Å²) >= 11 is 0. The number of carbonyl (C=O) groups is 3. The maximum Gasteiger partial charge on any atom is 0.337 e. The van der Waals surface area contributed by atoms with Gasteiger partial charge in [-0.15, -0.1) is 0 Å². The Morgan fingerprint density at radius 3 is 1.18 bits per heavy atom. The number of hydrogen-bond donors (Lipinski definition) is 3. The molecule has 0 amide bonds. The first-order valence-electron chi connectivity index (χ1n) is 16.6. The van der Waals surface area contributed by atoms with Gasteiger partial charge in [0.1, 0.15) is 5.41 Å². The Bertz CT molecular complexity index is 645. The van der Waals surface area contributed by atoms with Crippen molar-refractivity contribution in [1.29, 1.82) is 0 Å². The summed E-state index contributed by atoms with van der Waals surface area (Å²) in [5.41, 5.74) is -4.08. The number of hydrogen-bond acceptors (Lipinski definition) is 4. The van der Waals surface area contributed by atoms with E-state index in [4.69, 9.17) is 4.74 Å². The highest BCUT2D eigenvalue weighted by atomic mass is 16.5. The van der Waals surface area contributed by atoms with Crippen LogP contribution in [0.2, 0.25) is 0 Å². The first-order chi connectivity index (χ1) is 19.2. The first kappa shape index (κ1) is 38.4. The van der Waals surface area contributed by atoms with Crippen molar-refractivity contribution in [2.24, 2.45) is 5.41 Å². The molecule has 3 N–H and O–H groups in total. The fraction of sp³-hybridized carbons (Fsp3) is 0.909. The van der Waals surface area contributed by atoms with Crippen molar-refractivity contribution in [2.75, 3.05) is 6.61 Å². The average molecular weight is 571 g/mol. The van der Waals surface area contributed by atoms with E-state index in [9.17, 15) is 29.7 Å². The molecule has 0 aliphatic heterocycles. The van der Waals surface area contributed by atoms with Crippen molar-refractivity contribution < 1.29 is 34.4 Å². The molecule has 0 radical (unpaired) electrons. The van der Waals surface area contributed by atoms with E-state index in [0.29, 0.717) is 19.3 Å². The van der Waals surface area contributed by atoms with Crippen LogP contribution in [0.1, 0.15) is 175 Å². The van der Waals surface area contributed by atoms with Crippen molar-refractivity contribution in [3.05, 3.63) is 0 Å². The molecule has 0 saturated carbocycles. The second kappa shape index (κ2) is 24.0. The Labute approximate surface area is 244 Å². The standard InChI is InChI=1S/C33H62O7/c1-4-7-10-13-16-19-22-25-32(30(36)37,26-23-20-17-14-11-8-5-2)33(31(38)39,28-29(34)35)40-27-24-21-18-15-12-9-6-3/h4-28H2,1-3H3,(H,34,35)(H,36,37)(H,38,39). The first-order valence-corrected chi connectivity index (χ1v) is 16.6. The van der Waals surface area contributed by atoms with E-state index in [1.165, 1.54) is 19.3 Å². The Morgan fingerprint density at radius 2 is 0.850 bits per heavy atom. The molecule has 1 unspecified atom stereocenters. The molecular formula is C33H62O7. The van der Waals surface area contributed by atoms with Crippen LogP contribution in [0.3, 0.4) is 0 Å². The van der Waals surface area contributed by atoms with Crippen LogP contribution in [0.4, 0.5) is 0 Å². The Hall–Kier alpha value is -1.63. The van der Waals surface area contributed by atoms with Gasteiger partial charge in [-0.05, 0) is 19.3 Å². The minimum Gasteiger partial charge on any atom is -0.481 e. The Morgan fingerprint density at radius 1 is 0.500 bits per heavy atom. The Balaban J connectivity index is 5.78. The zero-order valence-electron chi connectivity index (χ0n) is 26.2. The van der Waals surface area contributed by atoms with E-state index in [1.807, 2.05) is 0 Å². The summed E-state index contributed by atoms with van der Waals surface area (Å²) < 4.78 is 6.02. The predicted octanol–water partition coefficient (Wildman–Crippen LogP) is 9.40. The highest BCUT2D eigenvalue weighted by Crippen LogP contribution is 2.47. The van der Waals surface area contributed by atoms with Gasteiger partial charge in [-0.1, -0.05) is 149 Å². The predicted molar refractivity (Wildman–Crippen MR) is 162 cm³/mol. The minimum absolute atomic E-state index is 0.0520. The highest BCUT2D eigenvalue weighted by molar-refractivity contribution is 5.92. The van der Waals surface area contributed by atoms with Crippen LogP contribution >= 0.6 is 0 Å². The fourth-order valence-corrected chi connectivity index (χ4v) is 5.90. The molecule has 0 aromatic carbocycles. The van der Waals surface area contributed by atoms with Gasteiger partial charge in [0.05, 0.1) is 6.42 Å². The summed E-state index contributed by atoms with van der Waals surface area (Å²) in [6.45, 7) is 6.53. The number of unbranched alkanes of at least 4 members (excludes halogenated alkanes) is 18. The van der Waals surface area contributed by atoms with Gasteiger partial charge in [-0.3, -0.25) is 9.59 Å². The smallest absolute Gasteiger partial charge is 0.337 e. The van der Waals surface area contributed by atoms with Gasteiger partial charge in [0, 0.05) is 6.61 Å². The second-order valence-electron chi connectivity index (χ2n) is 11.8. The summed E-state index contributed by atoms with van der Waals surface area (Å²) in [6, 6.07) is 0. The summed E-state index contributed by atoms with van der Waals surface area (Å²) in [7, 11) is 0. The molecule has 0 aromatic heterocycles. The van der Waals surface area contributed by atoms with Crippen molar-refractivity contribution in [2.45, 2.75) is 180 Å². The molecule has 0 heterocycles. The van der Waals surface area contributed by atoms with Crippen LogP contribution < -0.4 is 0 Å². The quantitative estimate of drug-likeness (QED) is 0.0735. The maximum absolute atomic E-state index is 13.1. The third-order valence-corrected chi connectivity index (χ3v) is 8.44. The van der Waals surface area contributed by atoms with Gasteiger partial charge in [0.25, 0.3) is 0 Å². The summed E-state index contributed by atoms with van der Waals surface area (Å²) in [4.78, 5) is 38.0. The molecule has 236 valence electrons. The van der Waals surface area contributed by atoms with Gasteiger partial charge >= 0.3 is 17.9 Å². The topological polar surface area (TPSA) is 121 Å². The SMILES string of the molecule is CCCCCCCCCOC(CC(=O)O)(C(=O)O)C(CCCCCCCCC)(CCCCCCCCC)C(=O)O. The lowest BCUT2D eigenvalue weighted by molar-refractivity contribution is -0.208. The molecule has 0 bridgehead atoms. The van der Waals surface area contributed by atoms with Crippen LogP contribution in [-0.4, -0.2) is 45.4 Å².